The van der Waals surface area contributed by atoms with Gasteiger partial charge >= 0.3 is 5.97 Å². The van der Waals surface area contributed by atoms with Gasteiger partial charge in [-0.05, 0) is 69.1 Å². The fourth-order valence-corrected chi connectivity index (χ4v) is 5.70. The molecule has 4 aliphatic carbocycles. The molecule has 0 aliphatic heterocycles. The number of hydrogen-bond acceptors (Lipinski definition) is 5. The van der Waals surface area contributed by atoms with E-state index < -0.39 is 24.0 Å². The molecule has 4 saturated carbocycles. The van der Waals surface area contributed by atoms with Gasteiger partial charge in [-0.25, -0.2) is 0 Å². The fraction of sp³-hybridized carbons (Fsp3) is 0.818. The van der Waals surface area contributed by atoms with Crippen LogP contribution >= 0.6 is 0 Å². The summed E-state index contributed by atoms with van der Waals surface area (Å²) in [6, 6.07) is 2.08. The number of nitrogens with one attached hydrogen (secondary N) is 2. The second kappa shape index (κ2) is 8.33. The molecule has 0 radical (unpaired) electrons. The molecule has 0 aromatic carbocycles. The molecule has 4 aliphatic rings. The van der Waals surface area contributed by atoms with Crippen molar-refractivity contribution in [3.63, 3.8) is 0 Å². The van der Waals surface area contributed by atoms with Gasteiger partial charge in [-0.1, -0.05) is 13.8 Å². The van der Waals surface area contributed by atoms with Crippen molar-refractivity contribution in [2.24, 2.45) is 29.1 Å². The van der Waals surface area contributed by atoms with E-state index in [9.17, 15) is 19.6 Å². The first-order valence-electron chi connectivity index (χ1n) is 10.8. The molecule has 2 amide bonds. The lowest BCUT2D eigenvalue weighted by molar-refractivity contribution is -0.150. The van der Waals surface area contributed by atoms with Gasteiger partial charge in [0.1, 0.15) is 5.54 Å². The number of hydrogen-bond donors (Lipinski definition) is 2. The van der Waals surface area contributed by atoms with Crippen LogP contribution in [0.15, 0.2) is 0 Å². The van der Waals surface area contributed by atoms with E-state index >= 15 is 0 Å². The largest absolute Gasteiger partial charge is 0.456 e. The van der Waals surface area contributed by atoms with Gasteiger partial charge in [0, 0.05) is 12.0 Å². The molecule has 4 bridgehead atoms. The van der Waals surface area contributed by atoms with E-state index in [2.05, 4.69) is 16.7 Å². The number of amides is 2. The minimum Gasteiger partial charge on any atom is -0.456 e. The normalized spacial score (nSPS) is 31.6. The van der Waals surface area contributed by atoms with Crippen molar-refractivity contribution in [2.45, 2.75) is 71.3 Å². The number of carbonyl (C=O) groups excluding carboxylic acids is 3. The number of esters is 1. The minimum absolute atomic E-state index is 0.0328. The molecule has 7 heteroatoms. The van der Waals surface area contributed by atoms with Crippen LogP contribution in [0.1, 0.15) is 65.7 Å². The SMILES string of the molecule is CC(C)[C@@](C)(C#N)NC(=O)COC(=O)CCNC(=O)C12CC3CC(CC(C3)C1)C2. The van der Waals surface area contributed by atoms with Crippen LogP contribution in [0.5, 0.6) is 0 Å². The number of nitrogens with zero attached hydrogens (tertiary/aromatic N) is 1. The Morgan fingerprint density at radius 1 is 1.14 bits per heavy atom. The first kappa shape index (κ1) is 21.6. The van der Waals surface area contributed by atoms with Crippen LogP contribution in [0.3, 0.4) is 0 Å². The Bertz CT molecular complexity index is 676. The van der Waals surface area contributed by atoms with Crippen molar-refractivity contribution in [3.8, 4) is 6.07 Å². The molecule has 0 heterocycles. The van der Waals surface area contributed by atoms with Gasteiger partial charge in [0.25, 0.3) is 5.91 Å². The maximum absolute atomic E-state index is 12.8. The Morgan fingerprint density at radius 3 is 2.17 bits per heavy atom. The molecular weight excluding hydrogens is 370 g/mol. The predicted octanol–water partition coefficient (Wildman–Crippen LogP) is 2.31. The lowest BCUT2D eigenvalue weighted by Crippen LogP contribution is -2.53. The summed E-state index contributed by atoms with van der Waals surface area (Å²) in [5, 5.41) is 14.8. The van der Waals surface area contributed by atoms with Crippen LogP contribution in [0.2, 0.25) is 0 Å². The van der Waals surface area contributed by atoms with Crippen LogP contribution < -0.4 is 10.6 Å². The van der Waals surface area contributed by atoms with E-state index in [0.29, 0.717) is 17.8 Å². The Labute approximate surface area is 172 Å². The number of nitriles is 1. The third kappa shape index (κ3) is 4.73. The highest BCUT2D eigenvalue weighted by Gasteiger charge is 2.54. The lowest BCUT2D eigenvalue weighted by Gasteiger charge is -2.55. The summed E-state index contributed by atoms with van der Waals surface area (Å²) in [6.45, 7) is 5.11. The van der Waals surface area contributed by atoms with E-state index in [1.54, 1.807) is 6.92 Å². The molecule has 1 atom stereocenters. The topological polar surface area (TPSA) is 108 Å². The summed E-state index contributed by atoms with van der Waals surface area (Å²) in [5.41, 5.74) is -1.23. The zero-order valence-electron chi connectivity index (χ0n) is 17.8. The van der Waals surface area contributed by atoms with E-state index in [1.165, 1.54) is 19.3 Å². The lowest BCUT2D eigenvalue weighted by atomic mass is 9.49. The third-order valence-electron chi connectivity index (χ3n) is 7.28. The van der Waals surface area contributed by atoms with Crippen LogP contribution in [0.25, 0.3) is 0 Å². The Kier molecular flexibility index (Phi) is 6.21. The molecule has 0 aromatic rings. The second-order valence-electron chi connectivity index (χ2n) is 9.88. The van der Waals surface area contributed by atoms with Gasteiger partial charge in [-0.3, -0.25) is 14.4 Å². The monoisotopic (exact) mass is 403 g/mol. The fourth-order valence-electron chi connectivity index (χ4n) is 5.70. The van der Waals surface area contributed by atoms with E-state index in [0.717, 1.165) is 19.3 Å². The summed E-state index contributed by atoms with van der Waals surface area (Å²) in [7, 11) is 0. The molecule has 4 fully saturated rings. The molecule has 29 heavy (non-hydrogen) atoms. The van der Waals surface area contributed by atoms with E-state index in [4.69, 9.17) is 4.74 Å². The van der Waals surface area contributed by atoms with Crippen molar-refractivity contribution in [3.05, 3.63) is 0 Å². The van der Waals surface area contributed by atoms with Crippen LogP contribution in [0, 0.1) is 40.4 Å². The second-order valence-corrected chi connectivity index (χ2v) is 9.88. The molecule has 0 unspecified atom stereocenters. The standard InChI is InChI=1S/C22H33N3O4/c1-14(2)21(3,13-23)25-18(26)12-29-19(27)4-5-24-20(28)22-9-15-6-16(10-22)8-17(7-15)11-22/h14-17H,4-12H2,1-3H3,(H,24,28)(H,25,26)/t15?,16?,17?,21-,22?/m1/s1. The molecule has 0 aromatic heterocycles. The Balaban J connectivity index is 1.38. The van der Waals surface area contributed by atoms with Gasteiger partial charge < -0.3 is 15.4 Å². The van der Waals surface area contributed by atoms with Crippen molar-refractivity contribution in [1.82, 2.24) is 10.6 Å². The average molecular weight is 404 g/mol. The highest BCUT2D eigenvalue weighted by Crippen LogP contribution is 2.60. The first-order valence-corrected chi connectivity index (χ1v) is 10.8. The highest BCUT2D eigenvalue weighted by atomic mass is 16.5. The Hall–Kier alpha value is -2.10. The van der Waals surface area contributed by atoms with Gasteiger partial charge in [-0.2, -0.15) is 5.26 Å². The van der Waals surface area contributed by atoms with Gasteiger partial charge in [0.15, 0.2) is 6.61 Å². The maximum Gasteiger partial charge on any atom is 0.308 e. The molecule has 0 spiro atoms. The molecule has 160 valence electrons. The number of carbonyl (C=O) groups is 3. The molecule has 4 rings (SSSR count). The summed E-state index contributed by atoms with van der Waals surface area (Å²) in [6.07, 6.45) is 6.84. The van der Waals surface area contributed by atoms with Crippen molar-refractivity contribution in [2.75, 3.05) is 13.2 Å². The van der Waals surface area contributed by atoms with E-state index in [1.807, 2.05) is 13.8 Å². The van der Waals surface area contributed by atoms with Crippen LogP contribution in [-0.4, -0.2) is 36.5 Å². The highest BCUT2D eigenvalue weighted by molar-refractivity contribution is 5.84. The van der Waals surface area contributed by atoms with Crippen molar-refractivity contribution >= 4 is 17.8 Å². The maximum atomic E-state index is 12.8. The zero-order valence-corrected chi connectivity index (χ0v) is 17.8. The van der Waals surface area contributed by atoms with Crippen molar-refractivity contribution < 1.29 is 19.1 Å². The van der Waals surface area contributed by atoms with Gasteiger partial charge in [0.05, 0.1) is 12.5 Å². The average Bonchev–Trinajstić information content (AvgIpc) is 2.65. The van der Waals surface area contributed by atoms with Crippen molar-refractivity contribution in [1.29, 1.82) is 5.26 Å². The number of ether oxygens (including phenoxy) is 1. The van der Waals surface area contributed by atoms with Crippen LogP contribution in [0.4, 0.5) is 0 Å². The first-order chi connectivity index (χ1) is 13.7. The summed E-state index contributed by atoms with van der Waals surface area (Å²) >= 11 is 0. The summed E-state index contributed by atoms with van der Waals surface area (Å²) in [5.74, 6) is 1.06. The minimum atomic E-state index is -1.00. The van der Waals surface area contributed by atoms with Crippen LogP contribution in [-0.2, 0) is 19.1 Å². The molecule has 2 N–H and O–H groups in total. The van der Waals surface area contributed by atoms with E-state index in [-0.39, 0.29) is 30.2 Å². The quantitative estimate of drug-likeness (QED) is 0.605. The van der Waals surface area contributed by atoms with Gasteiger partial charge in [0.2, 0.25) is 5.91 Å². The molecule has 0 saturated heterocycles. The third-order valence-corrected chi connectivity index (χ3v) is 7.28. The smallest absolute Gasteiger partial charge is 0.308 e. The van der Waals surface area contributed by atoms with Gasteiger partial charge in [-0.15, -0.1) is 0 Å². The zero-order chi connectivity index (χ0) is 21.2. The predicted molar refractivity (Wildman–Crippen MR) is 106 cm³/mol. The summed E-state index contributed by atoms with van der Waals surface area (Å²) in [4.78, 5) is 36.7. The Morgan fingerprint density at radius 2 is 1.69 bits per heavy atom. The molecular formula is C22H33N3O4. The summed E-state index contributed by atoms with van der Waals surface area (Å²) < 4.78 is 4.99. The molecule has 7 nitrogen and oxygen atoms in total. The number of rotatable bonds is 8.